The van der Waals surface area contributed by atoms with Gasteiger partial charge in [0.25, 0.3) is 5.91 Å². The number of hydrogen-bond donors (Lipinski definition) is 1. The number of halogens is 1. The van der Waals surface area contributed by atoms with E-state index < -0.39 is 5.82 Å². The van der Waals surface area contributed by atoms with Crippen LogP contribution in [0.1, 0.15) is 38.3 Å². The molecule has 1 unspecified atom stereocenters. The third kappa shape index (κ3) is 3.48. The summed E-state index contributed by atoms with van der Waals surface area (Å²) in [6.07, 6.45) is 2.12. The highest BCUT2D eigenvalue weighted by molar-refractivity contribution is 5.78. The van der Waals surface area contributed by atoms with Crippen LogP contribution >= 0.6 is 0 Å². The standard InChI is InChI=1S/C15H21FN2O2/c1-3-18(12-5-6-12)15(19)9-20-14-8-11(16)4-7-13(14)10(2)17/h4,7-8,10,12H,3,5-6,9,17H2,1-2H3. The molecule has 0 heterocycles. The van der Waals surface area contributed by atoms with Crippen LogP contribution in [0.25, 0.3) is 0 Å². The molecule has 0 saturated heterocycles. The van der Waals surface area contributed by atoms with Crippen LogP contribution in [0.4, 0.5) is 4.39 Å². The fourth-order valence-corrected chi connectivity index (χ4v) is 2.26. The molecule has 1 saturated carbocycles. The molecule has 0 radical (unpaired) electrons. The Morgan fingerprint density at radius 1 is 1.55 bits per heavy atom. The van der Waals surface area contributed by atoms with Crippen molar-refractivity contribution >= 4 is 5.91 Å². The molecule has 1 fully saturated rings. The molecule has 5 heteroatoms. The predicted molar refractivity (Wildman–Crippen MR) is 74.9 cm³/mol. The molecule has 20 heavy (non-hydrogen) atoms. The minimum atomic E-state index is -0.397. The van der Waals surface area contributed by atoms with Gasteiger partial charge in [0.1, 0.15) is 11.6 Å². The van der Waals surface area contributed by atoms with Gasteiger partial charge in [0.05, 0.1) is 0 Å². The van der Waals surface area contributed by atoms with E-state index in [-0.39, 0.29) is 18.6 Å². The number of ether oxygens (including phenoxy) is 1. The van der Waals surface area contributed by atoms with Crippen molar-refractivity contribution in [2.24, 2.45) is 5.73 Å². The lowest BCUT2D eigenvalue weighted by Crippen LogP contribution is -2.36. The maximum atomic E-state index is 13.3. The van der Waals surface area contributed by atoms with E-state index in [1.807, 2.05) is 11.8 Å². The fraction of sp³-hybridized carbons (Fsp3) is 0.533. The zero-order chi connectivity index (χ0) is 14.7. The van der Waals surface area contributed by atoms with E-state index in [0.29, 0.717) is 23.9 Å². The highest BCUT2D eigenvalue weighted by Gasteiger charge is 2.31. The van der Waals surface area contributed by atoms with Crippen LogP contribution in [0.15, 0.2) is 18.2 Å². The van der Waals surface area contributed by atoms with Crippen LogP contribution in [-0.4, -0.2) is 30.0 Å². The molecule has 0 aromatic heterocycles. The molecule has 0 spiro atoms. The van der Waals surface area contributed by atoms with Gasteiger partial charge < -0.3 is 15.4 Å². The number of amides is 1. The molecule has 2 rings (SSSR count). The Morgan fingerprint density at radius 2 is 2.25 bits per heavy atom. The lowest BCUT2D eigenvalue weighted by atomic mass is 10.1. The van der Waals surface area contributed by atoms with Crippen molar-refractivity contribution in [3.8, 4) is 5.75 Å². The maximum Gasteiger partial charge on any atom is 0.260 e. The van der Waals surface area contributed by atoms with Gasteiger partial charge in [-0.25, -0.2) is 4.39 Å². The van der Waals surface area contributed by atoms with Crippen molar-refractivity contribution in [3.05, 3.63) is 29.6 Å². The van der Waals surface area contributed by atoms with Crippen molar-refractivity contribution < 1.29 is 13.9 Å². The molecular formula is C15H21FN2O2. The molecule has 1 aromatic rings. The Bertz CT molecular complexity index is 487. The van der Waals surface area contributed by atoms with Gasteiger partial charge >= 0.3 is 0 Å². The molecular weight excluding hydrogens is 259 g/mol. The van der Waals surface area contributed by atoms with Gasteiger partial charge in [-0.3, -0.25) is 4.79 Å². The summed E-state index contributed by atoms with van der Waals surface area (Å²) in [7, 11) is 0. The number of nitrogens with zero attached hydrogens (tertiary/aromatic N) is 1. The zero-order valence-electron chi connectivity index (χ0n) is 11.9. The normalized spacial score (nSPS) is 15.8. The second-order valence-electron chi connectivity index (χ2n) is 5.17. The molecule has 110 valence electrons. The summed E-state index contributed by atoms with van der Waals surface area (Å²) in [6.45, 7) is 4.35. The minimum absolute atomic E-state index is 0.0603. The van der Waals surface area contributed by atoms with Crippen molar-refractivity contribution in [2.75, 3.05) is 13.2 Å². The van der Waals surface area contributed by atoms with Crippen molar-refractivity contribution in [3.63, 3.8) is 0 Å². The van der Waals surface area contributed by atoms with Crippen LogP contribution in [0.5, 0.6) is 5.75 Å². The molecule has 0 aliphatic heterocycles. The summed E-state index contributed by atoms with van der Waals surface area (Å²) >= 11 is 0. The number of benzene rings is 1. The molecule has 4 nitrogen and oxygen atoms in total. The van der Waals surface area contributed by atoms with Gasteiger partial charge in [-0.1, -0.05) is 6.07 Å². The zero-order valence-corrected chi connectivity index (χ0v) is 11.9. The number of carbonyl (C=O) groups excluding carboxylic acids is 1. The first-order valence-electron chi connectivity index (χ1n) is 7.00. The lowest BCUT2D eigenvalue weighted by Gasteiger charge is -2.21. The molecule has 1 aromatic carbocycles. The van der Waals surface area contributed by atoms with E-state index in [9.17, 15) is 9.18 Å². The van der Waals surface area contributed by atoms with E-state index in [0.717, 1.165) is 12.8 Å². The van der Waals surface area contributed by atoms with Gasteiger partial charge in [-0.05, 0) is 32.8 Å². The van der Waals surface area contributed by atoms with Gasteiger partial charge in [-0.15, -0.1) is 0 Å². The van der Waals surface area contributed by atoms with E-state index in [1.165, 1.54) is 12.1 Å². The van der Waals surface area contributed by atoms with E-state index in [1.54, 1.807) is 13.0 Å². The number of likely N-dealkylation sites (N-methyl/N-ethyl adjacent to an activating group) is 1. The molecule has 1 atom stereocenters. The van der Waals surface area contributed by atoms with Gasteiger partial charge in [0.2, 0.25) is 0 Å². The Balaban J connectivity index is 2.02. The lowest BCUT2D eigenvalue weighted by molar-refractivity contribution is -0.133. The quantitative estimate of drug-likeness (QED) is 0.869. The topological polar surface area (TPSA) is 55.6 Å². The first-order chi connectivity index (χ1) is 9.52. The highest BCUT2D eigenvalue weighted by Crippen LogP contribution is 2.28. The van der Waals surface area contributed by atoms with E-state index >= 15 is 0 Å². The molecule has 1 aliphatic rings. The summed E-state index contributed by atoms with van der Waals surface area (Å²) in [4.78, 5) is 13.9. The summed E-state index contributed by atoms with van der Waals surface area (Å²) in [5.41, 5.74) is 6.52. The molecule has 0 bridgehead atoms. The summed E-state index contributed by atoms with van der Waals surface area (Å²) < 4.78 is 18.8. The highest BCUT2D eigenvalue weighted by atomic mass is 19.1. The van der Waals surface area contributed by atoms with Crippen molar-refractivity contribution in [1.29, 1.82) is 0 Å². The smallest absolute Gasteiger partial charge is 0.260 e. The number of hydrogen-bond acceptors (Lipinski definition) is 3. The molecule has 1 aliphatic carbocycles. The molecule has 2 N–H and O–H groups in total. The van der Waals surface area contributed by atoms with Crippen molar-refractivity contribution in [2.45, 2.75) is 38.8 Å². The number of carbonyl (C=O) groups is 1. The van der Waals surface area contributed by atoms with Crippen LogP contribution in [0, 0.1) is 5.82 Å². The van der Waals surface area contributed by atoms with Gasteiger partial charge in [0.15, 0.2) is 6.61 Å². The second-order valence-corrected chi connectivity index (χ2v) is 5.17. The summed E-state index contributed by atoms with van der Waals surface area (Å²) in [5.74, 6) is -0.110. The Hall–Kier alpha value is -1.62. The minimum Gasteiger partial charge on any atom is -0.483 e. The summed E-state index contributed by atoms with van der Waals surface area (Å²) in [5, 5.41) is 0. The Kier molecular flexibility index (Phi) is 4.60. The average Bonchev–Trinajstić information content (AvgIpc) is 3.21. The third-order valence-electron chi connectivity index (χ3n) is 3.47. The average molecular weight is 280 g/mol. The van der Waals surface area contributed by atoms with Crippen LogP contribution in [0.3, 0.4) is 0 Å². The van der Waals surface area contributed by atoms with Crippen LogP contribution < -0.4 is 10.5 Å². The van der Waals surface area contributed by atoms with Gasteiger partial charge in [-0.2, -0.15) is 0 Å². The second kappa shape index (κ2) is 6.22. The third-order valence-corrected chi connectivity index (χ3v) is 3.47. The van der Waals surface area contributed by atoms with Gasteiger partial charge in [0, 0.05) is 30.3 Å². The van der Waals surface area contributed by atoms with Crippen LogP contribution in [0.2, 0.25) is 0 Å². The number of rotatable bonds is 6. The van der Waals surface area contributed by atoms with E-state index in [2.05, 4.69) is 0 Å². The number of nitrogens with two attached hydrogens (primary N) is 1. The Labute approximate surface area is 118 Å². The summed E-state index contributed by atoms with van der Waals surface area (Å²) in [6, 6.07) is 4.30. The largest absolute Gasteiger partial charge is 0.483 e. The monoisotopic (exact) mass is 280 g/mol. The fourth-order valence-electron chi connectivity index (χ4n) is 2.26. The predicted octanol–water partition coefficient (Wildman–Crippen LogP) is 2.24. The first kappa shape index (κ1) is 14.8. The molecule has 1 amide bonds. The maximum absolute atomic E-state index is 13.3. The van der Waals surface area contributed by atoms with E-state index in [4.69, 9.17) is 10.5 Å². The first-order valence-corrected chi connectivity index (χ1v) is 7.00. The Morgan fingerprint density at radius 3 is 2.80 bits per heavy atom. The SMILES string of the molecule is CCN(C(=O)COc1cc(F)ccc1C(C)N)C1CC1. The van der Waals surface area contributed by atoms with Crippen LogP contribution in [-0.2, 0) is 4.79 Å². The van der Waals surface area contributed by atoms with Crippen molar-refractivity contribution in [1.82, 2.24) is 4.90 Å².